The van der Waals surface area contributed by atoms with E-state index in [9.17, 15) is 0 Å². The van der Waals surface area contributed by atoms with Gasteiger partial charge in [0.15, 0.2) is 11.5 Å². The van der Waals surface area contributed by atoms with Gasteiger partial charge in [-0.05, 0) is 37.1 Å². The van der Waals surface area contributed by atoms with Crippen LogP contribution in [0.25, 0.3) is 0 Å². The molecule has 0 bridgehead atoms. The van der Waals surface area contributed by atoms with Gasteiger partial charge in [-0.25, -0.2) is 0 Å². The van der Waals surface area contributed by atoms with E-state index in [1.165, 1.54) is 5.56 Å². The number of rotatable bonds is 6. The van der Waals surface area contributed by atoms with Crippen LogP contribution in [-0.4, -0.2) is 37.7 Å². The molecule has 0 amide bonds. The summed E-state index contributed by atoms with van der Waals surface area (Å²) < 4.78 is 18.5. The van der Waals surface area contributed by atoms with Crippen molar-refractivity contribution in [3.8, 4) is 11.5 Å². The number of morpholine rings is 1. The van der Waals surface area contributed by atoms with Crippen molar-refractivity contribution in [2.75, 3.05) is 32.8 Å². The normalized spacial score (nSPS) is 17.7. The maximum atomic E-state index is 6.55. The minimum atomic E-state index is -0.947. The lowest BCUT2D eigenvalue weighted by atomic mass is 9.97. The Morgan fingerprint density at radius 2 is 1.37 bits per heavy atom. The van der Waals surface area contributed by atoms with E-state index in [0.717, 1.165) is 68.3 Å². The van der Waals surface area contributed by atoms with Crippen LogP contribution in [0.4, 0.5) is 0 Å². The standard InChI is InChI=1S/C26H27NO3/c1-3-9-22(10-4-1)26(23-11-5-2-6-12-23)29-24-14-13-21(20-25(24)30-26)8-7-15-27-16-18-28-19-17-27/h1-6,9-14,20H,7-8,15-19H2. The number of nitrogens with zero attached hydrogens (tertiary/aromatic N) is 1. The quantitative estimate of drug-likeness (QED) is 0.603. The summed E-state index contributed by atoms with van der Waals surface area (Å²) in [6.45, 7) is 4.89. The Balaban J connectivity index is 1.35. The molecule has 4 heteroatoms. The van der Waals surface area contributed by atoms with E-state index >= 15 is 0 Å². The molecule has 1 fully saturated rings. The minimum absolute atomic E-state index is 0.791. The van der Waals surface area contributed by atoms with Crippen LogP contribution < -0.4 is 9.47 Å². The first-order valence-corrected chi connectivity index (χ1v) is 10.8. The summed E-state index contributed by atoms with van der Waals surface area (Å²) in [7, 11) is 0. The van der Waals surface area contributed by atoms with Gasteiger partial charge in [-0.15, -0.1) is 0 Å². The van der Waals surface area contributed by atoms with Crippen molar-refractivity contribution in [1.82, 2.24) is 4.90 Å². The van der Waals surface area contributed by atoms with E-state index in [1.807, 2.05) is 42.5 Å². The van der Waals surface area contributed by atoms with Gasteiger partial charge in [0.2, 0.25) is 0 Å². The van der Waals surface area contributed by atoms with Crippen LogP contribution in [0.2, 0.25) is 0 Å². The Labute approximate surface area is 178 Å². The summed E-state index contributed by atoms with van der Waals surface area (Å²) in [4.78, 5) is 2.48. The molecule has 2 aliphatic heterocycles. The van der Waals surface area contributed by atoms with Gasteiger partial charge >= 0.3 is 5.79 Å². The van der Waals surface area contributed by atoms with Gasteiger partial charge in [-0.2, -0.15) is 0 Å². The topological polar surface area (TPSA) is 30.9 Å². The van der Waals surface area contributed by atoms with Crippen LogP contribution in [-0.2, 0) is 16.9 Å². The first-order chi connectivity index (χ1) is 14.8. The van der Waals surface area contributed by atoms with Crippen molar-refractivity contribution in [2.45, 2.75) is 18.6 Å². The molecule has 154 valence electrons. The maximum absolute atomic E-state index is 6.55. The van der Waals surface area contributed by atoms with E-state index in [2.05, 4.69) is 41.3 Å². The van der Waals surface area contributed by atoms with E-state index in [4.69, 9.17) is 14.2 Å². The van der Waals surface area contributed by atoms with Crippen LogP contribution >= 0.6 is 0 Å². The number of ether oxygens (including phenoxy) is 3. The van der Waals surface area contributed by atoms with Crippen molar-refractivity contribution < 1.29 is 14.2 Å². The lowest BCUT2D eigenvalue weighted by Crippen LogP contribution is -2.36. The molecule has 4 nitrogen and oxygen atoms in total. The molecule has 3 aromatic rings. The molecular weight excluding hydrogens is 374 g/mol. The molecule has 0 unspecified atom stereocenters. The van der Waals surface area contributed by atoms with E-state index in [0.29, 0.717) is 0 Å². The van der Waals surface area contributed by atoms with Gasteiger partial charge in [0.25, 0.3) is 0 Å². The zero-order valence-corrected chi connectivity index (χ0v) is 17.1. The predicted molar refractivity (Wildman–Crippen MR) is 117 cm³/mol. The first kappa shape index (κ1) is 19.2. The Hall–Kier alpha value is -2.82. The molecule has 0 aliphatic carbocycles. The summed E-state index contributed by atoms with van der Waals surface area (Å²) in [5, 5.41) is 0. The highest BCUT2D eigenvalue weighted by Crippen LogP contribution is 2.47. The van der Waals surface area contributed by atoms with Crippen LogP contribution in [0.1, 0.15) is 23.1 Å². The Morgan fingerprint density at radius 1 is 0.733 bits per heavy atom. The molecule has 0 spiro atoms. The minimum Gasteiger partial charge on any atom is -0.440 e. The molecule has 5 rings (SSSR count). The van der Waals surface area contributed by atoms with E-state index in [-0.39, 0.29) is 0 Å². The Bertz CT molecular complexity index is 929. The molecule has 2 heterocycles. The third-order valence-corrected chi connectivity index (χ3v) is 5.87. The fraction of sp³-hybridized carbons (Fsp3) is 0.308. The number of aryl methyl sites for hydroxylation is 1. The number of hydrogen-bond acceptors (Lipinski definition) is 4. The van der Waals surface area contributed by atoms with Gasteiger partial charge in [-0.1, -0.05) is 66.7 Å². The second-order valence-corrected chi connectivity index (χ2v) is 7.89. The molecule has 0 aromatic heterocycles. The van der Waals surface area contributed by atoms with E-state index < -0.39 is 5.79 Å². The third-order valence-electron chi connectivity index (χ3n) is 5.87. The van der Waals surface area contributed by atoms with Crippen LogP contribution in [0.5, 0.6) is 11.5 Å². The Morgan fingerprint density at radius 3 is 2.03 bits per heavy atom. The zero-order valence-electron chi connectivity index (χ0n) is 17.1. The van der Waals surface area contributed by atoms with Crippen molar-refractivity contribution in [1.29, 1.82) is 0 Å². The van der Waals surface area contributed by atoms with Crippen molar-refractivity contribution in [3.63, 3.8) is 0 Å². The van der Waals surface area contributed by atoms with Crippen molar-refractivity contribution in [2.24, 2.45) is 0 Å². The van der Waals surface area contributed by atoms with Gasteiger partial charge < -0.3 is 14.2 Å². The van der Waals surface area contributed by atoms with Crippen LogP contribution in [0.3, 0.4) is 0 Å². The first-order valence-electron chi connectivity index (χ1n) is 10.8. The third kappa shape index (κ3) is 3.81. The maximum Gasteiger partial charge on any atom is 0.305 e. The van der Waals surface area contributed by atoms with Crippen LogP contribution in [0, 0.1) is 0 Å². The van der Waals surface area contributed by atoms with Crippen molar-refractivity contribution >= 4 is 0 Å². The number of fused-ring (bicyclic) bond motifs is 1. The van der Waals surface area contributed by atoms with Crippen molar-refractivity contribution in [3.05, 3.63) is 95.6 Å². The molecule has 3 aromatic carbocycles. The SMILES string of the molecule is c1ccc(C2(c3ccccc3)Oc3ccc(CCCN4CCOCC4)cc3O2)cc1. The highest BCUT2D eigenvalue weighted by Gasteiger charge is 2.45. The monoisotopic (exact) mass is 401 g/mol. The Kier molecular flexibility index (Phi) is 5.43. The summed E-state index contributed by atoms with van der Waals surface area (Å²) in [5.41, 5.74) is 3.25. The van der Waals surface area contributed by atoms with E-state index in [1.54, 1.807) is 0 Å². The van der Waals surface area contributed by atoms with Gasteiger partial charge in [0, 0.05) is 24.2 Å². The second-order valence-electron chi connectivity index (χ2n) is 7.89. The molecule has 1 saturated heterocycles. The smallest absolute Gasteiger partial charge is 0.305 e. The largest absolute Gasteiger partial charge is 0.440 e. The number of benzene rings is 3. The average Bonchev–Trinajstić information content (AvgIpc) is 3.21. The molecular formula is C26H27NO3. The van der Waals surface area contributed by atoms with Gasteiger partial charge in [0.05, 0.1) is 13.2 Å². The molecule has 0 saturated carbocycles. The lowest BCUT2D eigenvalue weighted by Gasteiger charge is -2.28. The van der Waals surface area contributed by atoms with Gasteiger partial charge in [0.1, 0.15) is 0 Å². The number of hydrogen-bond donors (Lipinski definition) is 0. The average molecular weight is 402 g/mol. The highest BCUT2D eigenvalue weighted by molar-refractivity contribution is 5.50. The highest BCUT2D eigenvalue weighted by atomic mass is 16.7. The summed E-state index contributed by atoms with van der Waals surface area (Å²) in [5.74, 6) is 0.656. The fourth-order valence-corrected chi connectivity index (χ4v) is 4.25. The molecule has 0 radical (unpaired) electrons. The lowest BCUT2D eigenvalue weighted by molar-refractivity contribution is -0.0459. The summed E-state index contributed by atoms with van der Waals surface area (Å²) in [6.07, 6.45) is 2.15. The molecule has 0 N–H and O–H groups in total. The molecule has 0 atom stereocenters. The molecule has 30 heavy (non-hydrogen) atoms. The summed E-state index contributed by atoms with van der Waals surface area (Å²) in [6, 6.07) is 26.7. The van der Waals surface area contributed by atoms with Gasteiger partial charge in [-0.3, -0.25) is 4.90 Å². The van der Waals surface area contributed by atoms with Crippen LogP contribution in [0.15, 0.2) is 78.9 Å². The fourth-order valence-electron chi connectivity index (χ4n) is 4.25. The molecule has 2 aliphatic rings. The summed E-state index contributed by atoms with van der Waals surface area (Å²) >= 11 is 0. The second kappa shape index (κ2) is 8.50. The predicted octanol–water partition coefficient (Wildman–Crippen LogP) is 4.62. The zero-order chi connectivity index (χ0) is 20.2.